The van der Waals surface area contributed by atoms with Crippen LogP contribution in [-0.4, -0.2) is 35.5 Å². The smallest absolute Gasteiger partial charge is 0.0474 e. The summed E-state index contributed by atoms with van der Waals surface area (Å²) >= 11 is 0. The second kappa shape index (κ2) is 7.22. The molecule has 6 N–H and O–H groups in total. The molecule has 2 aliphatic rings. The minimum atomic E-state index is 0.278. The van der Waals surface area contributed by atoms with E-state index in [1.54, 1.807) is 0 Å². The van der Waals surface area contributed by atoms with Gasteiger partial charge in [0.25, 0.3) is 0 Å². The van der Waals surface area contributed by atoms with E-state index < -0.39 is 0 Å². The van der Waals surface area contributed by atoms with Crippen LogP contribution >= 0.6 is 0 Å². The maximum absolute atomic E-state index is 8.66. The van der Waals surface area contributed by atoms with Crippen molar-refractivity contribution in [3.63, 3.8) is 0 Å². The monoisotopic (exact) mass is 230 g/mol. The number of nitrogens with two attached hydrogens (primary N) is 2. The molecule has 2 saturated carbocycles. The van der Waals surface area contributed by atoms with Gasteiger partial charge in [-0.25, -0.2) is 0 Å². The van der Waals surface area contributed by atoms with Gasteiger partial charge < -0.3 is 21.7 Å². The fraction of sp³-hybridized carbons (Fsp3) is 1.00. The highest BCUT2D eigenvalue weighted by Gasteiger charge is 2.22. The van der Waals surface area contributed by atoms with E-state index in [1.807, 2.05) is 0 Å². The van der Waals surface area contributed by atoms with Crippen LogP contribution in [0.25, 0.3) is 0 Å². The predicted molar refractivity (Wildman–Crippen MR) is 64.8 cm³/mol. The Balaban J connectivity index is 0.000000160. The minimum Gasteiger partial charge on any atom is -0.396 e. The van der Waals surface area contributed by atoms with Crippen LogP contribution in [0.2, 0.25) is 0 Å². The normalized spacial score (nSPS) is 38.2. The molecule has 0 aromatic rings. The number of hydrogen-bond acceptors (Lipinski definition) is 4. The Kier molecular flexibility index (Phi) is 6.28. The molecule has 0 heterocycles. The largest absolute Gasteiger partial charge is 0.396 e. The lowest BCUT2D eigenvalue weighted by molar-refractivity contribution is 0.218. The topological polar surface area (TPSA) is 92.5 Å². The summed E-state index contributed by atoms with van der Waals surface area (Å²) in [4.78, 5) is 0. The van der Waals surface area contributed by atoms with Crippen LogP contribution in [-0.2, 0) is 0 Å². The van der Waals surface area contributed by atoms with Crippen molar-refractivity contribution in [2.45, 2.75) is 50.6 Å². The lowest BCUT2D eigenvalue weighted by Gasteiger charge is -2.09. The predicted octanol–water partition coefficient (Wildman–Crippen LogP) is 0.212. The molecule has 2 fully saturated rings. The molecule has 0 bridgehead atoms. The van der Waals surface area contributed by atoms with Gasteiger partial charge in [0.1, 0.15) is 0 Å². The van der Waals surface area contributed by atoms with Crippen molar-refractivity contribution in [3.05, 3.63) is 0 Å². The number of hydrogen-bond donors (Lipinski definition) is 4. The molecule has 16 heavy (non-hydrogen) atoms. The van der Waals surface area contributed by atoms with E-state index >= 15 is 0 Å². The summed E-state index contributed by atoms with van der Waals surface area (Å²) in [5.41, 5.74) is 11.3. The highest BCUT2D eigenvalue weighted by atomic mass is 16.3. The lowest BCUT2D eigenvalue weighted by atomic mass is 10.1. The van der Waals surface area contributed by atoms with Gasteiger partial charge in [-0.2, -0.15) is 0 Å². The van der Waals surface area contributed by atoms with E-state index in [4.69, 9.17) is 21.7 Å². The molecule has 0 unspecified atom stereocenters. The number of rotatable bonds is 2. The summed E-state index contributed by atoms with van der Waals surface area (Å²) < 4.78 is 0. The third-order valence-corrected chi connectivity index (χ3v) is 3.90. The van der Waals surface area contributed by atoms with Gasteiger partial charge in [0.2, 0.25) is 0 Å². The fourth-order valence-corrected chi connectivity index (χ4v) is 2.58. The Bertz CT molecular complexity index is 170. The van der Waals surface area contributed by atoms with Crippen molar-refractivity contribution in [3.8, 4) is 0 Å². The quantitative estimate of drug-likeness (QED) is 0.546. The van der Waals surface area contributed by atoms with Crippen molar-refractivity contribution in [1.82, 2.24) is 0 Å². The summed E-state index contributed by atoms with van der Waals surface area (Å²) in [6, 6.07) is 0.556. The first-order chi connectivity index (χ1) is 7.69. The highest BCUT2D eigenvalue weighted by molar-refractivity contribution is 4.79. The lowest BCUT2D eigenvalue weighted by Crippen LogP contribution is -2.26. The van der Waals surface area contributed by atoms with Crippen LogP contribution in [0.4, 0.5) is 0 Å². The second-order valence-corrected chi connectivity index (χ2v) is 5.07. The zero-order chi connectivity index (χ0) is 12.0. The molecule has 0 aliphatic heterocycles. The third-order valence-electron chi connectivity index (χ3n) is 3.90. The van der Waals surface area contributed by atoms with E-state index in [-0.39, 0.29) is 25.3 Å². The zero-order valence-corrected chi connectivity index (χ0v) is 10.0. The summed E-state index contributed by atoms with van der Waals surface area (Å²) in [6.45, 7) is 0.558. The molecule has 96 valence electrons. The maximum Gasteiger partial charge on any atom is 0.0474 e. The third kappa shape index (κ3) is 4.01. The Labute approximate surface area is 98.0 Å². The van der Waals surface area contributed by atoms with Crippen LogP contribution < -0.4 is 11.5 Å². The standard InChI is InChI=1S/2C6H13NO/c2*7-6-3-1-2-5(6)4-8/h2*5-6,8H,1-4,7H2/t2*5-,6-/m10/s1. The van der Waals surface area contributed by atoms with Gasteiger partial charge in [-0.05, 0) is 37.5 Å². The summed E-state index contributed by atoms with van der Waals surface area (Å²) in [7, 11) is 0. The molecule has 2 rings (SSSR count). The Morgan fingerprint density at radius 3 is 1.25 bits per heavy atom. The average molecular weight is 230 g/mol. The molecule has 0 spiro atoms. The van der Waals surface area contributed by atoms with Gasteiger partial charge >= 0.3 is 0 Å². The van der Waals surface area contributed by atoms with E-state index in [0.717, 1.165) is 25.7 Å². The number of aliphatic hydroxyl groups excluding tert-OH is 2. The molecule has 4 nitrogen and oxygen atoms in total. The molecule has 0 saturated heterocycles. The summed E-state index contributed by atoms with van der Waals surface area (Å²) in [5.74, 6) is 0.796. The molecule has 0 aromatic heterocycles. The Hall–Kier alpha value is -0.160. The van der Waals surface area contributed by atoms with Crippen LogP contribution in [0.15, 0.2) is 0 Å². The summed E-state index contributed by atoms with van der Waals surface area (Å²) in [6.07, 6.45) is 6.85. The van der Waals surface area contributed by atoms with Crippen LogP contribution in [0, 0.1) is 11.8 Å². The van der Waals surface area contributed by atoms with E-state index in [9.17, 15) is 0 Å². The molecule has 4 heteroatoms. The fourth-order valence-electron chi connectivity index (χ4n) is 2.58. The van der Waals surface area contributed by atoms with Crippen molar-refractivity contribution in [2.75, 3.05) is 13.2 Å². The van der Waals surface area contributed by atoms with Gasteiger partial charge in [0.05, 0.1) is 0 Å². The molecule has 0 aromatic carbocycles. The molecule has 4 atom stereocenters. The first kappa shape index (κ1) is 13.9. The molecule has 0 amide bonds. The van der Waals surface area contributed by atoms with Gasteiger partial charge in [-0.15, -0.1) is 0 Å². The van der Waals surface area contributed by atoms with Crippen LogP contribution in [0.5, 0.6) is 0 Å². The van der Waals surface area contributed by atoms with Gasteiger partial charge in [0, 0.05) is 25.3 Å². The van der Waals surface area contributed by atoms with Gasteiger partial charge in [-0.3, -0.25) is 0 Å². The minimum absolute atomic E-state index is 0.278. The average Bonchev–Trinajstić information content (AvgIpc) is 2.87. The maximum atomic E-state index is 8.66. The Morgan fingerprint density at radius 2 is 1.12 bits per heavy atom. The van der Waals surface area contributed by atoms with Crippen LogP contribution in [0.3, 0.4) is 0 Å². The molecular formula is C12H26N2O2. The van der Waals surface area contributed by atoms with E-state index in [2.05, 4.69) is 0 Å². The molecule has 0 radical (unpaired) electrons. The second-order valence-electron chi connectivity index (χ2n) is 5.07. The zero-order valence-electron chi connectivity index (χ0n) is 10.0. The SMILES string of the molecule is N[C@@H]1CCC[C@@H]1CO.N[C@H]1CCC[C@H]1CO. The van der Waals surface area contributed by atoms with Crippen molar-refractivity contribution in [2.24, 2.45) is 23.3 Å². The summed E-state index contributed by atoms with van der Waals surface area (Å²) in [5, 5.41) is 17.3. The first-order valence-corrected chi connectivity index (χ1v) is 6.42. The van der Waals surface area contributed by atoms with Crippen molar-refractivity contribution >= 4 is 0 Å². The van der Waals surface area contributed by atoms with E-state index in [0.29, 0.717) is 11.8 Å². The molecule has 2 aliphatic carbocycles. The van der Waals surface area contributed by atoms with Gasteiger partial charge in [0.15, 0.2) is 0 Å². The van der Waals surface area contributed by atoms with E-state index in [1.165, 1.54) is 12.8 Å². The molecular weight excluding hydrogens is 204 g/mol. The highest BCUT2D eigenvalue weighted by Crippen LogP contribution is 2.23. The van der Waals surface area contributed by atoms with Crippen molar-refractivity contribution in [1.29, 1.82) is 0 Å². The van der Waals surface area contributed by atoms with Crippen molar-refractivity contribution < 1.29 is 10.2 Å². The Morgan fingerprint density at radius 1 is 0.750 bits per heavy atom. The van der Waals surface area contributed by atoms with Gasteiger partial charge in [-0.1, -0.05) is 12.8 Å². The number of aliphatic hydroxyl groups is 2. The van der Waals surface area contributed by atoms with Crippen LogP contribution in [0.1, 0.15) is 38.5 Å². The first-order valence-electron chi connectivity index (χ1n) is 6.42.